The molecule has 0 radical (unpaired) electrons. The minimum absolute atomic E-state index is 0.0998. The topological polar surface area (TPSA) is 67.4 Å². The molecular formula is C16H15BrN2O3. The Labute approximate surface area is 136 Å². The summed E-state index contributed by atoms with van der Waals surface area (Å²) in [6.45, 7) is -0.0998. The molecule has 0 bridgehead atoms. The average Bonchev–Trinajstić information content (AvgIpc) is 2.53. The number of hydrogen-bond donors (Lipinski definition) is 2. The van der Waals surface area contributed by atoms with Gasteiger partial charge in [0.05, 0.1) is 13.7 Å². The summed E-state index contributed by atoms with van der Waals surface area (Å²) in [6.07, 6.45) is 0. The van der Waals surface area contributed by atoms with Gasteiger partial charge in [0.1, 0.15) is 5.75 Å². The van der Waals surface area contributed by atoms with Crippen LogP contribution in [0, 0.1) is 0 Å². The van der Waals surface area contributed by atoms with Gasteiger partial charge in [0.25, 0.3) is 5.91 Å². The molecule has 0 aliphatic rings. The Balaban J connectivity index is 1.85. The molecule has 0 aromatic heterocycles. The third-order valence-electron chi connectivity index (χ3n) is 2.87. The van der Waals surface area contributed by atoms with Gasteiger partial charge in [0, 0.05) is 15.7 Å². The van der Waals surface area contributed by atoms with Gasteiger partial charge in [-0.25, -0.2) is 0 Å². The van der Waals surface area contributed by atoms with Crippen LogP contribution in [-0.2, 0) is 4.79 Å². The van der Waals surface area contributed by atoms with E-state index < -0.39 is 0 Å². The van der Waals surface area contributed by atoms with Crippen molar-refractivity contribution >= 4 is 33.4 Å². The van der Waals surface area contributed by atoms with Crippen LogP contribution in [0.4, 0.5) is 5.69 Å². The number of rotatable bonds is 5. The maximum atomic E-state index is 11.9. The van der Waals surface area contributed by atoms with Crippen LogP contribution in [0.5, 0.6) is 5.75 Å². The first-order valence-electron chi connectivity index (χ1n) is 6.56. The van der Waals surface area contributed by atoms with E-state index in [4.69, 9.17) is 4.74 Å². The number of halogens is 1. The molecule has 2 rings (SSSR count). The van der Waals surface area contributed by atoms with Crippen molar-refractivity contribution in [3.05, 3.63) is 58.6 Å². The zero-order valence-corrected chi connectivity index (χ0v) is 13.5. The van der Waals surface area contributed by atoms with Gasteiger partial charge in [-0.3, -0.25) is 9.59 Å². The maximum Gasteiger partial charge on any atom is 0.251 e. The minimum atomic E-state index is -0.300. The number of carbonyl (C=O) groups excluding carboxylic acids is 2. The smallest absolute Gasteiger partial charge is 0.251 e. The SMILES string of the molecule is COc1ccc(NC(=O)CNC(=O)c2cccc(Br)c2)cc1. The Morgan fingerprint density at radius 1 is 1.14 bits per heavy atom. The molecule has 0 unspecified atom stereocenters. The summed E-state index contributed by atoms with van der Waals surface area (Å²) < 4.78 is 5.85. The van der Waals surface area contributed by atoms with Gasteiger partial charge in [0.15, 0.2) is 0 Å². The summed E-state index contributed by atoms with van der Waals surface area (Å²) in [4.78, 5) is 23.7. The van der Waals surface area contributed by atoms with Gasteiger partial charge >= 0.3 is 0 Å². The fraction of sp³-hybridized carbons (Fsp3) is 0.125. The van der Waals surface area contributed by atoms with Gasteiger partial charge in [-0.2, -0.15) is 0 Å². The van der Waals surface area contributed by atoms with E-state index in [9.17, 15) is 9.59 Å². The van der Waals surface area contributed by atoms with Gasteiger partial charge in [-0.15, -0.1) is 0 Å². The highest BCUT2D eigenvalue weighted by Crippen LogP contribution is 2.14. The van der Waals surface area contributed by atoms with Gasteiger partial charge in [-0.05, 0) is 42.5 Å². The largest absolute Gasteiger partial charge is 0.497 e. The normalized spacial score (nSPS) is 9.91. The second-order valence-electron chi connectivity index (χ2n) is 4.47. The second kappa shape index (κ2) is 7.61. The van der Waals surface area contributed by atoms with E-state index in [1.807, 2.05) is 6.07 Å². The molecule has 0 spiro atoms. The maximum absolute atomic E-state index is 11.9. The molecule has 0 atom stereocenters. The van der Waals surface area contributed by atoms with Crippen molar-refractivity contribution in [2.45, 2.75) is 0 Å². The van der Waals surface area contributed by atoms with Crippen LogP contribution in [0.15, 0.2) is 53.0 Å². The fourth-order valence-electron chi connectivity index (χ4n) is 1.77. The van der Waals surface area contributed by atoms with E-state index in [1.165, 1.54) is 0 Å². The lowest BCUT2D eigenvalue weighted by Gasteiger charge is -2.08. The van der Waals surface area contributed by atoms with Crippen molar-refractivity contribution in [1.29, 1.82) is 0 Å². The van der Waals surface area contributed by atoms with Crippen LogP contribution in [0.2, 0.25) is 0 Å². The molecule has 0 aliphatic carbocycles. The van der Waals surface area contributed by atoms with Crippen LogP contribution in [0.3, 0.4) is 0 Å². The minimum Gasteiger partial charge on any atom is -0.497 e. The van der Waals surface area contributed by atoms with Gasteiger partial charge in [0.2, 0.25) is 5.91 Å². The Hall–Kier alpha value is -2.34. The molecule has 22 heavy (non-hydrogen) atoms. The molecule has 0 aliphatic heterocycles. The lowest BCUT2D eigenvalue weighted by Crippen LogP contribution is -2.32. The molecule has 2 N–H and O–H groups in total. The summed E-state index contributed by atoms with van der Waals surface area (Å²) in [5.41, 5.74) is 1.13. The highest BCUT2D eigenvalue weighted by atomic mass is 79.9. The molecule has 2 aromatic rings. The number of hydrogen-bond acceptors (Lipinski definition) is 3. The summed E-state index contributed by atoms with van der Waals surface area (Å²) in [5, 5.41) is 5.27. The van der Waals surface area contributed by atoms with E-state index >= 15 is 0 Å². The van der Waals surface area contributed by atoms with E-state index in [1.54, 1.807) is 49.6 Å². The molecule has 2 amide bonds. The predicted octanol–water partition coefficient (Wildman–Crippen LogP) is 2.83. The summed E-state index contributed by atoms with van der Waals surface area (Å²) >= 11 is 3.30. The van der Waals surface area contributed by atoms with Gasteiger partial charge in [-0.1, -0.05) is 22.0 Å². The molecule has 5 nitrogen and oxygen atoms in total. The number of carbonyl (C=O) groups is 2. The standard InChI is InChI=1S/C16H15BrN2O3/c1-22-14-7-5-13(6-8-14)19-15(20)10-18-16(21)11-3-2-4-12(17)9-11/h2-9H,10H2,1H3,(H,18,21)(H,19,20). The average molecular weight is 363 g/mol. The van der Waals surface area contributed by atoms with Gasteiger partial charge < -0.3 is 15.4 Å². The zero-order chi connectivity index (χ0) is 15.9. The van der Waals surface area contributed by atoms with Crippen molar-refractivity contribution in [2.75, 3.05) is 19.0 Å². The van der Waals surface area contributed by atoms with E-state index in [2.05, 4.69) is 26.6 Å². The Kier molecular flexibility index (Phi) is 5.55. The second-order valence-corrected chi connectivity index (χ2v) is 5.39. The molecule has 114 valence electrons. The third kappa shape index (κ3) is 4.60. The van der Waals surface area contributed by atoms with Crippen molar-refractivity contribution < 1.29 is 14.3 Å². The first-order valence-corrected chi connectivity index (χ1v) is 7.35. The van der Waals surface area contributed by atoms with Crippen molar-refractivity contribution in [3.63, 3.8) is 0 Å². The van der Waals surface area contributed by atoms with Crippen LogP contribution in [0.1, 0.15) is 10.4 Å². The summed E-state index contributed by atoms with van der Waals surface area (Å²) in [5.74, 6) is 0.112. The molecule has 2 aromatic carbocycles. The highest BCUT2D eigenvalue weighted by Gasteiger charge is 2.08. The van der Waals surface area contributed by atoms with E-state index in [0.717, 1.165) is 4.47 Å². The zero-order valence-electron chi connectivity index (χ0n) is 11.9. The first-order chi connectivity index (χ1) is 10.6. The van der Waals surface area contributed by atoms with Crippen LogP contribution < -0.4 is 15.4 Å². The lowest BCUT2D eigenvalue weighted by molar-refractivity contribution is -0.115. The van der Waals surface area contributed by atoms with Crippen molar-refractivity contribution in [2.24, 2.45) is 0 Å². The molecule has 0 saturated carbocycles. The van der Waals surface area contributed by atoms with Crippen molar-refractivity contribution in [3.8, 4) is 5.75 Å². The Bertz CT molecular complexity index is 671. The fourth-order valence-corrected chi connectivity index (χ4v) is 2.17. The lowest BCUT2D eigenvalue weighted by atomic mass is 10.2. The van der Waals surface area contributed by atoms with Crippen LogP contribution in [-0.4, -0.2) is 25.5 Å². The molecular weight excluding hydrogens is 348 g/mol. The van der Waals surface area contributed by atoms with Crippen LogP contribution >= 0.6 is 15.9 Å². The number of anilines is 1. The number of methoxy groups -OCH3 is 1. The monoisotopic (exact) mass is 362 g/mol. The predicted molar refractivity (Wildman–Crippen MR) is 88.1 cm³/mol. The number of ether oxygens (including phenoxy) is 1. The van der Waals surface area contributed by atoms with Crippen molar-refractivity contribution in [1.82, 2.24) is 5.32 Å². The third-order valence-corrected chi connectivity index (χ3v) is 3.36. The molecule has 0 fully saturated rings. The Morgan fingerprint density at radius 2 is 1.86 bits per heavy atom. The quantitative estimate of drug-likeness (QED) is 0.859. The molecule has 6 heteroatoms. The summed E-state index contributed by atoms with van der Waals surface area (Å²) in [6, 6.07) is 13.9. The van der Waals surface area contributed by atoms with Crippen LogP contribution in [0.25, 0.3) is 0 Å². The summed E-state index contributed by atoms with van der Waals surface area (Å²) in [7, 11) is 1.57. The van der Waals surface area contributed by atoms with E-state index in [-0.39, 0.29) is 18.4 Å². The Morgan fingerprint density at radius 3 is 2.50 bits per heavy atom. The van der Waals surface area contributed by atoms with E-state index in [0.29, 0.717) is 17.0 Å². The highest BCUT2D eigenvalue weighted by molar-refractivity contribution is 9.10. The number of benzene rings is 2. The molecule has 0 heterocycles. The number of nitrogens with one attached hydrogen (secondary N) is 2. The number of amides is 2. The molecule has 0 saturated heterocycles. The first kappa shape index (κ1) is 16.0.